The Morgan fingerprint density at radius 1 is 1.23 bits per heavy atom. The number of halogens is 1. The van der Waals surface area contributed by atoms with Crippen LogP contribution in [0.15, 0.2) is 29.1 Å². The number of carbonyl (C=O) groups excluding carboxylic acids is 1. The van der Waals surface area contributed by atoms with E-state index < -0.39 is 5.82 Å². The van der Waals surface area contributed by atoms with Crippen LogP contribution in [0.25, 0.3) is 10.9 Å². The maximum absolute atomic E-state index is 14.1. The third-order valence-electron chi connectivity index (χ3n) is 5.48. The molecule has 1 unspecified atom stereocenters. The van der Waals surface area contributed by atoms with Crippen LogP contribution in [0.5, 0.6) is 0 Å². The zero-order chi connectivity index (χ0) is 18.1. The summed E-state index contributed by atoms with van der Waals surface area (Å²) in [5, 5.41) is 0.256. The van der Waals surface area contributed by atoms with E-state index in [2.05, 4.69) is 4.98 Å². The quantitative estimate of drug-likeness (QED) is 0.893. The Hall–Kier alpha value is -2.21. The highest BCUT2D eigenvalue weighted by molar-refractivity contribution is 5.95. The van der Waals surface area contributed by atoms with E-state index in [4.69, 9.17) is 4.74 Å². The second-order valence-electron chi connectivity index (χ2n) is 7.35. The topological polar surface area (TPSA) is 62.4 Å². The normalized spacial score (nSPS) is 20.3. The predicted molar refractivity (Wildman–Crippen MR) is 96.7 cm³/mol. The number of aromatic amines is 1. The fourth-order valence-electron chi connectivity index (χ4n) is 3.78. The molecule has 5 nitrogen and oxygen atoms in total. The number of aromatic nitrogens is 1. The van der Waals surface area contributed by atoms with E-state index in [1.54, 1.807) is 11.0 Å². The molecular weight excluding hydrogens is 335 g/mol. The Balaban J connectivity index is 1.64. The number of nitrogens with one attached hydrogen (secondary N) is 1. The van der Waals surface area contributed by atoms with E-state index in [-0.39, 0.29) is 34.0 Å². The van der Waals surface area contributed by atoms with Crippen molar-refractivity contribution in [3.63, 3.8) is 0 Å². The van der Waals surface area contributed by atoms with Crippen LogP contribution < -0.4 is 5.43 Å². The first-order chi connectivity index (χ1) is 12.6. The maximum atomic E-state index is 14.1. The van der Waals surface area contributed by atoms with Crippen molar-refractivity contribution >= 4 is 16.8 Å². The summed E-state index contributed by atoms with van der Waals surface area (Å²) in [7, 11) is 0. The molecule has 2 fully saturated rings. The van der Waals surface area contributed by atoms with Crippen LogP contribution in [-0.4, -0.2) is 41.6 Å². The van der Waals surface area contributed by atoms with E-state index in [1.807, 2.05) is 0 Å². The molecule has 1 aliphatic carbocycles. The largest absolute Gasteiger partial charge is 0.376 e. The van der Waals surface area contributed by atoms with Crippen LogP contribution in [-0.2, 0) is 4.74 Å². The number of rotatable bonds is 5. The van der Waals surface area contributed by atoms with Gasteiger partial charge in [0.15, 0.2) is 5.43 Å². The van der Waals surface area contributed by atoms with Crippen molar-refractivity contribution < 1.29 is 13.9 Å². The molecule has 6 heteroatoms. The highest BCUT2D eigenvalue weighted by atomic mass is 19.1. The monoisotopic (exact) mass is 358 g/mol. The highest BCUT2D eigenvalue weighted by Gasteiger charge is 2.28. The highest BCUT2D eigenvalue weighted by Crippen LogP contribution is 2.28. The second kappa shape index (κ2) is 7.19. The van der Waals surface area contributed by atoms with E-state index in [0.29, 0.717) is 19.0 Å². The molecule has 2 aromatic rings. The van der Waals surface area contributed by atoms with Gasteiger partial charge in [0.2, 0.25) is 0 Å². The second-order valence-corrected chi connectivity index (χ2v) is 7.35. The summed E-state index contributed by atoms with van der Waals surface area (Å²) in [4.78, 5) is 30.0. The van der Waals surface area contributed by atoms with Crippen molar-refractivity contribution in [3.8, 4) is 0 Å². The lowest BCUT2D eigenvalue weighted by molar-refractivity contribution is 0.0444. The molecule has 4 rings (SSSR count). The molecule has 2 heterocycles. The summed E-state index contributed by atoms with van der Waals surface area (Å²) in [6, 6.07) is 5.62. The fraction of sp³-hybridized carbons (Fsp3) is 0.500. The van der Waals surface area contributed by atoms with Crippen LogP contribution in [0.2, 0.25) is 0 Å². The molecule has 1 amide bonds. The van der Waals surface area contributed by atoms with E-state index in [1.165, 1.54) is 24.6 Å². The first kappa shape index (κ1) is 17.2. The number of carbonyl (C=O) groups is 1. The number of benzene rings is 1. The van der Waals surface area contributed by atoms with Crippen LogP contribution >= 0.6 is 0 Å². The zero-order valence-corrected chi connectivity index (χ0v) is 14.7. The van der Waals surface area contributed by atoms with E-state index >= 15 is 0 Å². The van der Waals surface area contributed by atoms with Crippen molar-refractivity contribution in [2.45, 2.75) is 38.2 Å². The Kier molecular flexibility index (Phi) is 4.76. The lowest BCUT2D eigenvalue weighted by Crippen LogP contribution is -2.42. The number of amides is 1. The number of para-hydroxylation sites is 1. The van der Waals surface area contributed by atoms with Crippen molar-refractivity contribution in [1.82, 2.24) is 9.88 Å². The lowest BCUT2D eigenvalue weighted by atomic mass is 9.85. The van der Waals surface area contributed by atoms with Gasteiger partial charge in [0.25, 0.3) is 5.91 Å². The number of pyridine rings is 1. The number of hydrogen-bond donors (Lipinski definition) is 1. The first-order valence-corrected chi connectivity index (χ1v) is 9.34. The van der Waals surface area contributed by atoms with Gasteiger partial charge in [-0.2, -0.15) is 0 Å². The summed E-state index contributed by atoms with van der Waals surface area (Å²) >= 11 is 0. The summed E-state index contributed by atoms with van der Waals surface area (Å²) in [5.74, 6) is -0.280. The van der Waals surface area contributed by atoms with E-state index in [9.17, 15) is 14.0 Å². The third-order valence-corrected chi connectivity index (χ3v) is 5.48. The maximum Gasteiger partial charge on any atom is 0.270 e. The molecule has 1 N–H and O–H groups in total. The van der Waals surface area contributed by atoms with Gasteiger partial charge in [0.05, 0.1) is 11.6 Å². The van der Waals surface area contributed by atoms with Crippen molar-refractivity contribution in [2.75, 3.05) is 19.7 Å². The molecule has 26 heavy (non-hydrogen) atoms. The first-order valence-electron chi connectivity index (χ1n) is 9.34. The Morgan fingerprint density at radius 3 is 2.77 bits per heavy atom. The van der Waals surface area contributed by atoms with Crippen LogP contribution in [0.1, 0.15) is 42.6 Å². The Bertz CT molecular complexity index is 869. The lowest BCUT2D eigenvalue weighted by Gasteiger charge is -2.33. The molecular formula is C20H23FN2O3. The smallest absolute Gasteiger partial charge is 0.270 e. The van der Waals surface area contributed by atoms with Gasteiger partial charge in [-0.3, -0.25) is 9.59 Å². The van der Waals surface area contributed by atoms with Gasteiger partial charge in [0.1, 0.15) is 11.5 Å². The van der Waals surface area contributed by atoms with Crippen molar-refractivity contribution in [2.24, 2.45) is 5.92 Å². The number of nitrogens with zero attached hydrogens (tertiary/aromatic N) is 1. The van der Waals surface area contributed by atoms with Crippen LogP contribution in [0.3, 0.4) is 0 Å². The zero-order valence-electron chi connectivity index (χ0n) is 14.7. The molecule has 0 bridgehead atoms. The minimum Gasteiger partial charge on any atom is -0.376 e. The molecule has 2 aliphatic rings. The molecule has 1 aliphatic heterocycles. The molecule has 0 radical (unpaired) electrons. The van der Waals surface area contributed by atoms with Crippen molar-refractivity contribution in [3.05, 3.63) is 46.0 Å². The molecule has 1 atom stereocenters. The van der Waals surface area contributed by atoms with Gasteiger partial charge < -0.3 is 14.6 Å². The third kappa shape index (κ3) is 3.38. The molecule has 1 aromatic heterocycles. The van der Waals surface area contributed by atoms with Gasteiger partial charge in [-0.25, -0.2) is 4.39 Å². The number of hydrogen-bond acceptors (Lipinski definition) is 3. The van der Waals surface area contributed by atoms with Crippen LogP contribution in [0.4, 0.5) is 4.39 Å². The summed E-state index contributed by atoms with van der Waals surface area (Å²) in [6.45, 7) is 1.91. The summed E-state index contributed by atoms with van der Waals surface area (Å²) < 4.78 is 19.8. The predicted octanol–water partition coefficient (Wildman–Crippen LogP) is 3.09. The molecule has 0 spiro atoms. The van der Waals surface area contributed by atoms with Gasteiger partial charge >= 0.3 is 0 Å². The standard InChI is InChI=1S/C20H23FN2O3/c21-16-8-2-7-15-18(24)10-17(22-19(15)16)20(25)23(11-13-4-1-5-13)12-14-6-3-9-26-14/h2,7-8,10,13-14H,1,3-6,9,11-12H2,(H,22,24). The number of H-pyrrole nitrogens is 1. The van der Waals surface area contributed by atoms with Gasteiger partial charge in [-0.1, -0.05) is 12.5 Å². The fourth-order valence-corrected chi connectivity index (χ4v) is 3.78. The minimum atomic E-state index is -0.529. The SMILES string of the molecule is O=C(c1cc(=O)c2cccc(F)c2[nH]1)N(CC1CCC1)CC1CCCO1. The molecule has 1 saturated carbocycles. The molecule has 1 aromatic carbocycles. The van der Waals surface area contributed by atoms with Gasteiger partial charge in [-0.15, -0.1) is 0 Å². The average molecular weight is 358 g/mol. The Morgan fingerprint density at radius 2 is 2.08 bits per heavy atom. The van der Waals surface area contributed by atoms with Gasteiger partial charge in [0, 0.05) is 31.1 Å². The summed E-state index contributed by atoms with van der Waals surface area (Å²) in [5.41, 5.74) is -0.115. The van der Waals surface area contributed by atoms with Crippen molar-refractivity contribution in [1.29, 1.82) is 0 Å². The number of ether oxygens (including phenoxy) is 1. The molecule has 1 saturated heterocycles. The number of fused-ring (bicyclic) bond motifs is 1. The average Bonchev–Trinajstić information content (AvgIpc) is 3.10. The van der Waals surface area contributed by atoms with Gasteiger partial charge in [-0.05, 0) is 43.7 Å². The summed E-state index contributed by atoms with van der Waals surface area (Å²) in [6.07, 6.45) is 5.44. The Labute approximate surface area is 151 Å². The van der Waals surface area contributed by atoms with Crippen LogP contribution in [0, 0.1) is 11.7 Å². The minimum absolute atomic E-state index is 0.0444. The molecule has 138 valence electrons. The van der Waals surface area contributed by atoms with E-state index in [0.717, 1.165) is 32.3 Å².